The van der Waals surface area contributed by atoms with E-state index in [0.29, 0.717) is 6.54 Å². The number of aliphatic hydroxyl groups is 1. The van der Waals surface area contributed by atoms with E-state index < -0.39 is 6.10 Å². The number of hydrogen-bond acceptors (Lipinski definition) is 4. The van der Waals surface area contributed by atoms with Gasteiger partial charge >= 0.3 is 0 Å². The Morgan fingerprint density at radius 1 is 1.39 bits per heavy atom. The van der Waals surface area contributed by atoms with Crippen molar-refractivity contribution in [2.75, 3.05) is 24.5 Å². The van der Waals surface area contributed by atoms with Crippen molar-refractivity contribution < 1.29 is 9.90 Å². The molecular formula is C17H24N4O2. The average molecular weight is 316 g/mol. The molecule has 1 aromatic heterocycles. The number of anilines is 1. The van der Waals surface area contributed by atoms with Crippen molar-refractivity contribution in [2.24, 2.45) is 13.0 Å². The van der Waals surface area contributed by atoms with E-state index in [1.807, 2.05) is 25.2 Å². The zero-order valence-corrected chi connectivity index (χ0v) is 13.7. The summed E-state index contributed by atoms with van der Waals surface area (Å²) in [5.74, 6) is 1.05. The predicted octanol–water partition coefficient (Wildman–Crippen LogP) is 1.29. The van der Waals surface area contributed by atoms with E-state index in [9.17, 15) is 9.90 Å². The molecule has 0 radical (unpaired) electrons. The second kappa shape index (κ2) is 6.58. The van der Waals surface area contributed by atoms with Gasteiger partial charge in [0.05, 0.1) is 17.1 Å². The maximum Gasteiger partial charge on any atom is 0.223 e. The van der Waals surface area contributed by atoms with Crippen molar-refractivity contribution in [2.45, 2.75) is 25.9 Å². The van der Waals surface area contributed by atoms with Gasteiger partial charge in [-0.05, 0) is 31.9 Å². The third-order valence-corrected chi connectivity index (χ3v) is 4.48. The number of carbonyl (C=O) groups is 1. The maximum absolute atomic E-state index is 12.1. The quantitative estimate of drug-likeness (QED) is 0.892. The Morgan fingerprint density at radius 3 is 2.74 bits per heavy atom. The number of rotatable bonds is 4. The maximum atomic E-state index is 12.1. The predicted molar refractivity (Wildman–Crippen MR) is 90.3 cm³/mol. The van der Waals surface area contributed by atoms with Crippen molar-refractivity contribution in [3.05, 3.63) is 24.3 Å². The van der Waals surface area contributed by atoms with E-state index in [1.54, 1.807) is 6.92 Å². The number of aromatic nitrogens is 2. The summed E-state index contributed by atoms with van der Waals surface area (Å²) in [6.45, 7) is 3.65. The highest BCUT2D eigenvalue weighted by molar-refractivity contribution is 5.80. The molecule has 1 aliphatic heterocycles. The minimum atomic E-state index is -0.501. The molecule has 1 atom stereocenters. The first-order chi connectivity index (χ1) is 11.1. The summed E-state index contributed by atoms with van der Waals surface area (Å²) < 4.78 is 2.11. The van der Waals surface area contributed by atoms with Gasteiger partial charge in [0.1, 0.15) is 0 Å². The molecule has 1 aliphatic rings. The van der Waals surface area contributed by atoms with Crippen LogP contribution in [0.2, 0.25) is 0 Å². The molecule has 23 heavy (non-hydrogen) atoms. The molecule has 3 rings (SSSR count). The van der Waals surface area contributed by atoms with E-state index in [0.717, 1.165) is 42.9 Å². The van der Waals surface area contributed by atoms with Crippen LogP contribution in [0.5, 0.6) is 0 Å². The number of amides is 1. The molecule has 0 aliphatic carbocycles. The van der Waals surface area contributed by atoms with Crippen molar-refractivity contribution in [3.63, 3.8) is 0 Å². The molecule has 2 aromatic rings. The summed E-state index contributed by atoms with van der Waals surface area (Å²) in [6, 6.07) is 8.11. The smallest absolute Gasteiger partial charge is 0.223 e. The van der Waals surface area contributed by atoms with Crippen molar-refractivity contribution in [3.8, 4) is 0 Å². The molecule has 6 heteroatoms. The van der Waals surface area contributed by atoms with Crippen LogP contribution in [0.25, 0.3) is 11.0 Å². The number of nitrogens with one attached hydrogen (secondary N) is 1. The lowest BCUT2D eigenvalue weighted by Crippen LogP contribution is -2.42. The van der Waals surface area contributed by atoms with Crippen LogP contribution in [-0.4, -0.2) is 46.3 Å². The van der Waals surface area contributed by atoms with Crippen LogP contribution in [0.4, 0.5) is 5.95 Å². The molecule has 124 valence electrons. The highest BCUT2D eigenvalue weighted by Crippen LogP contribution is 2.25. The summed E-state index contributed by atoms with van der Waals surface area (Å²) in [7, 11) is 2.03. The van der Waals surface area contributed by atoms with Gasteiger partial charge in [-0.15, -0.1) is 0 Å². The van der Waals surface area contributed by atoms with Gasteiger partial charge in [-0.25, -0.2) is 4.98 Å². The second-order valence-corrected chi connectivity index (χ2v) is 6.32. The van der Waals surface area contributed by atoms with Gasteiger partial charge in [0, 0.05) is 32.6 Å². The van der Waals surface area contributed by atoms with E-state index in [1.165, 1.54) is 0 Å². The third kappa shape index (κ3) is 3.32. The number of carbonyl (C=O) groups excluding carboxylic acids is 1. The SMILES string of the molecule is CC(O)CNC(=O)C1CCN(c2nc3ccccc3n2C)CC1. The molecule has 6 nitrogen and oxygen atoms in total. The summed E-state index contributed by atoms with van der Waals surface area (Å²) in [4.78, 5) is 19.1. The fraction of sp³-hybridized carbons (Fsp3) is 0.529. The number of aliphatic hydroxyl groups excluding tert-OH is 1. The average Bonchev–Trinajstić information content (AvgIpc) is 2.90. The molecule has 0 spiro atoms. The number of imidazole rings is 1. The lowest BCUT2D eigenvalue weighted by molar-refractivity contribution is -0.126. The van der Waals surface area contributed by atoms with Crippen molar-refractivity contribution >= 4 is 22.9 Å². The Hall–Kier alpha value is -2.08. The van der Waals surface area contributed by atoms with Gasteiger partial charge in [0.2, 0.25) is 11.9 Å². The minimum absolute atomic E-state index is 0.0275. The van der Waals surface area contributed by atoms with E-state index >= 15 is 0 Å². The van der Waals surface area contributed by atoms with Crippen LogP contribution < -0.4 is 10.2 Å². The summed E-state index contributed by atoms with van der Waals surface area (Å²) in [5, 5.41) is 12.1. The number of fused-ring (bicyclic) bond motifs is 1. The first-order valence-electron chi connectivity index (χ1n) is 8.18. The van der Waals surface area contributed by atoms with Crippen LogP contribution in [0.3, 0.4) is 0 Å². The highest BCUT2D eigenvalue weighted by Gasteiger charge is 2.27. The van der Waals surface area contributed by atoms with Crippen LogP contribution >= 0.6 is 0 Å². The minimum Gasteiger partial charge on any atom is -0.392 e. The summed E-state index contributed by atoms with van der Waals surface area (Å²) >= 11 is 0. The molecule has 0 bridgehead atoms. The number of piperidine rings is 1. The molecule has 0 saturated carbocycles. The Kier molecular flexibility index (Phi) is 4.52. The van der Waals surface area contributed by atoms with E-state index in [2.05, 4.69) is 20.9 Å². The highest BCUT2D eigenvalue weighted by atomic mass is 16.3. The van der Waals surface area contributed by atoms with E-state index in [-0.39, 0.29) is 11.8 Å². The molecule has 1 unspecified atom stereocenters. The number of aryl methyl sites for hydroxylation is 1. The van der Waals surface area contributed by atoms with Gasteiger partial charge in [-0.2, -0.15) is 0 Å². The first kappa shape index (κ1) is 15.8. The number of para-hydroxylation sites is 2. The van der Waals surface area contributed by atoms with Gasteiger partial charge in [-0.1, -0.05) is 12.1 Å². The first-order valence-corrected chi connectivity index (χ1v) is 8.18. The molecule has 1 amide bonds. The Bertz CT molecular complexity index is 687. The Balaban J connectivity index is 1.64. The fourth-order valence-corrected chi connectivity index (χ4v) is 3.15. The molecule has 2 heterocycles. The summed E-state index contributed by atoms with van der Waals surface area (Å²) in [6.07, 6.45) is 1.13. The zero-order chi connectivity index (χ0) is 16.4. The third-order valence-electron chi connectivity index (χ3n) is 4.48. The molecule has 1 aromatic carbocycles. The normalized spacial score (nSPS) is 17.4. The van der Waals surface area contributed by atoms with Gasteiger partial charge in [0.25, 0.3) is 0 Å². The Labute approximate surface area is 136 Å². The number of benzene rings is 1. The van der Waals surface area contributed by atoms with Gasteiger partial charge in [-0.3, -0.25) is 4.79 Å². The van der Waals surface area contributed by atoms with Gasteiger partial charge in [0.15, 0.2) is 0 Å². The van der Waals surface area contributed by atoms with Crippen LogP contribution in [0.1, 0.15) is 19.8 Å². The standard InChI is InChI=1S/C17H24N4O2/c1-12(22)11-18-16(23)13-7-9-21(10-8-13)17-19-14-5-3-4-6-15(14)20(17)2/h3-6,12-13,22H,7-11H2,1-2H3,(H,18,23). The lowest BCUT2D eigenvalue weighted by atomic mass is 9.96. The molecule has 1 saturated heterocycles. The summed E-state index contributed by atoms with van der Waals surface area (Å²) in [5.41, 5.74) is 2.13. The second-order valence-electron chi connectivity index (χ2n) is 6.32. The van der Waals surface area contributed by atoms with Crippen LogP contribution in [0.15, 0.2) is 24.3 Å². The zero-order valence-electron chi connectivity index (χ0n) is 13.7. The molecular weight excluding hydrogens is 292 g/mol. The van der Waals surface area contributed by atoms with Crippen molar-refractivity contribution in [1.29, 1.82) is 0 Å². The van der Waals surface area contributed by atoms with Crippen LogP contribution in [-0.2, 0) is 11.8 Å². The largest absolute Gasteiger partial charge is 0.392 e. The monoisotopic (exact) mass is 316 g/mol. The number of nitrogens with zero attached hydrogens (tertiary/aromatic N) is 3. The molecule has 2 N–H and O–H groups in total. The lowest BCUT2D eigenvalue weighted by Gasteiger charge is -2.32. The van der Waals surface area contributed by atoms with Gasteiger partial charge < -0.3 is 19.9 Å². The molecule has 1 fully saturated rings. The van der Waals surface area contributed by atoms with Crippen LogP contribution in [0, 0.1) is 5.92 Å². The van der Waals surface area contributed by atoms with Crippen molar-refractivity contribution in [1.82, 2.24) is 14.9 Å². The Morgan fingerprint density at radius 2 is 2.09 bits per heavy atom. The fourth-order valence-electron chi connectivity index (χ4n) is 3.15. The topological polar surface area (TPSA) is 70.4 Å². The van der Waals surface area contributed by atoms with E-state index in [4.69, 9.17) is 4.98 Å². The number of hydrogen-bond donors (Lipinski definition) is 2.